The van der Waals surface area contributed by atoms with Crippen molar-refractivity contribution in [2.45, 2.75) is 31.9 Å². The second-order valence-electron chi connectivity index (χ2n) is 5.38. The molecule has 0 saturated heterocycles. The van der Waals surface area contributed by atoms with E-state index in [-0.39, 0.29) is 12.2 Å². The zero-order valence-electron chi connectivity index (χ0n) is 11.3. The number of carbonyl (C=O) groups is 1. The van der Waals surface area contributed by atoms with Gasteiger partial charge in [0.1, 0.15) is 5.75 Å². The summed E-state index contributed by atoms with van der Waals surface area (Å²) in [4.78, 5) is 12.3. The molecule has 0 spiro atoms. The van der Waals surface area contributed by atoms with Crippen molar-refractivity contribution in [3.05, 3.63) is 23.8 Å². The Morgan fingerprint density at radius 1 is 1.33 bits per heavy atom. The molecule has 1 aliphatic carbocycles. The fourth-order valence-electron chi connectivity index (χ4n) is 2.64. The smallest absolute Gasteiger partial charge is 0.416 e. The minimum atomic E-state index is -4.54. The molecule has 7 heteroatoms. The number of nitrogens with two attached hydrogens (primary N) is 1. The number of aromatic hydroxyl groups is 1. The Bertz CT molecular complexity index is 538. The SMILES string of the molecule is NCC1(C(=O)Nc2cc(C(F)(F)F)ccc2O)CCCC1. The van der Waals surface area contributed by atoms with Crippen LogP contribution in [0.2, 0.25) is 0 Å². The first-order valence-electron chi connectivity index (χ1n) is 6.70. The molecular formula is C14H17F3N2O2. The van der Waals surface area contributed by atoms with Gasteiger partial charge >= 0.3 is 6.18 Å². The molecule has 0 aliphatic heterocycles. The van der Waals surface area contributed by atoms with Crippen molar-refractivity contribution in [1.29, 1.82) is 0 Å². The van der Waals surface area contributed by atoms with E-state index in [0.29, 0.717) is 12.8 Å². The highest BCUT2D eigenvalue weighted by atomic mass is 19.4. The maximum Gasteiger partial charge on any atom is 0.416 e. The Labute approximate surface area is 120 Å². The monoisotopic (exact) mass is 302 g/mol. The minimum Gasteiger partial charge on any atom is -0.506 e. The first kappa shape index (κ1) is 15.6. The van der Waals surface area contributed by atoms with E-state index in [4.69, 9.17) is 5.73 Å². The van der Waals surface area contributed by atoms with Crippen molar-refractivity contribution in [2.24, 2.45) is 11.1 Å². The number of rotatable bonds is 3. The van der Waals surface area contributed by atoms with Gasteiger partial charge in [-0.15, -0.1) is 0 Å². The Balaban J connectivity index is 2.25. The van der Waals surface area contributed by atoms with Gasteiger partial charge in [-0.05, 0) is 31.0 Å². The van der Waals surface area contributed by atoms with Gasteiger partial charge in [-0.3, -0.25) is 4.79 Å². The van der Waals surface area contributed by atoms with Crippen molar-refractivity contribution in [2.75, 3.05) is 11.9 Å². The van der Waals surface area contributed by atoms with Crippen LogP contribution in [0.1, 0.15) is 31.2 Å². The number of hydrogen-bond acceptors (Lipinski definition) is 3. The van der Waals surface area contributed by atoms with Gasteiger partial charge in [0.25, 0.3) is 0 Å². The van der Waals surface area contributed by atoms with Gasteiger partial charge in [0.2, 0.25) is 5.91 Å². The van der Waals surface area contributed by atoms with Gasteiger partial charge in [-0.25, -0.2) is 0 Å². The van der Waals surface area contributed by atoms with Gasteiger partial charge in [0.05, 0.1) is 16.7 Å². The Hall–Kier alpha value is -1.76. The number of anilines is 1. The number of amides is 1. The number of benzene rings is 1. The second kappa shape index (κ2) is 5.55. The summed E-state index contributed by atoms with van der Waals surface area (Å²) in [6.45, 7) is 0.137. The molecule has 0 atom stereocenters. The van der Waals surface area contributed by atoms with Gasteiger partial charge in [0, 0.05) is 6.54 Å². The van der Waals surface area contributed by atoms with E-state index >= 15 is 0 Å². The number of alkyl halides is 3. The van der Waals surface area contributed by atoms with Crippen LogP contribution >= 0.6 is 0 Å². The summed E-state index contributed by atoms with van der Waals surface area (Å²) >= 11 is 0. The quantitative estimate of drug-likeness (QED) is 0.752. The van der Waals surface area contributed by atoms with Crippen LogP contribution in [0.25, 0.3) is 0 Å². The average molecular weight is 302 g/mol. The summed E-state index contributed by atoms with van der Waals surface area (Å²) in [6, 6.07) is 2.41. The lowest BCUT2D eigenvalue weighted by Gasteiger charge is -2.26. The zero-order chi connectivity index (χ0) is 15.7. The Morgan fingerprint density at radius 3 is 2.48 bits per heavy atom. The second-order valence-corrected chi connectivity index (χ2v) is 5.38. The molecule has 0 aromatic heterocycles. The fraction of sp³-hybridized carbons (Fsp3) is 0.500. The summed E-state index contributed by atoms with van der Waals surface area (Å²) < 4.78 is 38.0. The highest BCUT2D eigenvalue weighted by Gasteiger charge is 2.40. The highest BCUT2D eigenvalue weighted by molar-refractivity contribution is 5.97. The molecule has 21 heavy (non-hydrogen) atoms. The number of halogens is 3. The number of hydrogen-bond donors (Lipinski definition) is 3. The molecule has 4 nitrogen and oxygen atoms in total. The largest absolute Gasteiger partial charge is 0.506 e. The van der Waals surface area contributed by atoms with Crippen molar-refractivity contribution in [1.82, 2.24) is 0 Å². The van der Waals surface area contributed by atoms with Gasteiger partial charge in [-0.2, -0.15) is 13.2 Å². The molecule has 116 valence electrons. The first-order valence-corrected chi connectivity index (χ1v) is 6.70. The van der Waals surface area contributed by atoms with E-state index in [1.54, 1.807) is 0 Å². The normalized spacial score (nSPS) is 17.7. The van der Waals surface area contributed by atoms with Crippen LogP contribution in [0.4, 0.5) is 18.9 Å². The lowest BCUT2D eigenvalue weighted by Crippen LogP contribution is -2.40. The minimum absolute atomic E-state index is 0.137. The molecule has 1 amide bonds. The number of carbonyl (C=O) groups excluding carboxylic acids is 1. The van der Waals surface area contributed by atoms with Gasteiger partial charge in [0.15, 0.2) is 0 Å². The summed E-state index contributed by atoms with van der Waals surface area (Å²) in [5, 5.41) is 12.0. The van der Waals surface area contributed by atoms with E-state index in [0.717, 1.165) is 31.0 Å². The van der Waals surface area contributed by atoms with Crippen LogP contribution in [0.3, 0.4) is 0 Å². The Kier molecular flexibility index (Phi) is 4.13. The molecule has 0 unspecified atom stereocenters. The van der Waals surface area contributed by atoms with Crippen molar-refractivity contribution < 1.29 is 23.1 Å². The molecule has 4 N–H and O–H groups in total. The van der Waals surface area contributed by atoms with E-state index in [9.17, 15) is 23.1 Å². The third-order valence-electron chi connectivity index (χ3n) is 4.01. The molecule has 0 heterocycles. The molecule has 0 bridgehead atoms. The molecular weight excluding hydrogens is 285 g/mol. The Morgan fingerprint density at radius 2 is 1.95 bits per heavy atom. The fourth-order valence-corrected chi connectivity index (χ4v) is 2.64. The highest BCUT2D eigenvalue weighted by Crippen LogP contribution is 2.40. The zero-order valence-corrected chi connectivity index (χ0v) is 11.3. The van der Waals surface area contributed by atoms with Crippen LogP contribution in [-0.4, -0.2) is 17.6 Å². The predicted molar refractivity (Wildman–Crippen MR) is 71.7 cm³/mol. The van der Waals surface area contributed by atoms with E-state index in [2.05, 4.69) is 5.32 Å². The van der Waals surface area contributed by atoms with Crippen LogP contribution in [-0.2, 0) is 11.0 Å². The molecule has 1 aromatic carbocycles. The van der Waals surface area contributed by atoms with Crippen LogP contribution < -0.4 is 11.1 Å². The summed E-state index contributed by atoms with van der Waals surface area (Å²) in [5.74, 6) is -0.835. The summed E-state index contributed by atoms with van der Waals surface area (Å²) in [5.41, 5.74) is 3.74. The van der Waals surface area contributed by atoms with E-state index in [1.165, 1.54) is 0 Å². The number of phenolic OH excluding ortho intramolecular Hbond substituents is 1. The maximum atomic E-state index is 12.7. The van der Waals surface area contributed by atoms with Crippen molar-refractivity contribution >= 4 is 11.6 Å². The molecule has 2 rings (SSSR count). The molecule has 1 fully saturated rings. The van der Waals surface area contributed by atoms with E-state index in [1.807, 2.05) is 0 Å². The molecule has 1 aliphatic rings. The van der Waals surface area contributed by atoms with Gasteiger partial charge in [-0.1, -0.05) is 12.8 Å². The molecule has 1 aromatic rings. The summed E-state index contributed by atoms with van der Waals surface area (Å²) in [7, 11) is 0. The van der Waals surface area contributed by atoms with Crippen molar-refractivity contribution in [3.8, 4) is 5.75 Å². The molecule has 0 radical (unpaired) electrons. The summed E-state index contributed by atoms with van der Waals surface area (Å²) in [6.07, 6.45) is -1.60. The van der Waals surface area contributed by atoms with Crippen LogP contribution in [0, 0.1) is 5.41 Å². The van der Waals surface area contributed by atoms with Gasteiger partial charge < -0.3 is 16.2 Å². The third kappa shape index (κ3) is 3.12. The van der Waals surface area contributed by atoms with Crippen LogP contribution in [0.5, 0.6) is 5.75 Å². The standard InChI is InChI=1S/C14H17F3N2O2/c15-14(16,17)9-3-4-11(20)10(7-9)19-12(21)13(8-18)5-1-2-6-13/h3-4,7,20H,1-2,5-6,8,18H2,(H,19,21). The first-order chi connectivity index (χ1) is 9.78. The van der Waals surface area contributed by atoms with E-state index < -0.39 is 28.8 Å². The topological polar surface area (TPSA) is 75.4 Å². The van der Waals surface area contributed by atoms with Crippen molar-refractivity contribution in [3.63, 3.8) is 0 Å². The maximum absolute atomic E-state index is 12.7. The number of nitrogens with one attached hydrogen (secondary N) is 1. The number of phenols is 1. The predicted octanol–water partition coefficient (Wildman–Crippen LogP) is 2.87. The average Bonchev–Trinajstić information content (AvgIpc) is 2.90. The van der Waals surface area contributed by atoms with Crippen LogP contribution in [0.15, 0.2) is 18.2 Å². The third-order valence-corrected chi connectivity index (χ3v) is 4.01. The molecule has 1 saturated carbocycles. The lowest BCUT2D eigenvalue weighted by molar-refractivity contribution is -0.137. The lowest BCUT2D eigenvalue weighted by atomic mass is 9.85.